The molecule has 0 unspecified atom stereocenters. The third-order valence-electron chi connectivity index (χ3n) is 1.33. The molecule has 2 heterocycles. The molecular weight excluding hydrogens is 116 g/mol. The van der Waals surface area contributed by atoms with E-state index in [1.807, 2.05) is 11.3 Å². The Hall–Kier alpha value is -1.25. The smallest absolute Gasteiger partial charge is 0.223 e. The highest BCUT2D eigenvalue weighted by Gasteiger charge is 1.97. The molecule has 46 valence electrons. The van der Waals surface area contributed by atoms with Crippen LogP contribution in [0.25, 0.3) is 5.71 Å². The molecule has 0 aromatic carbocycles. The zero-order chi connectivity index (χ0) is 6.27. The van der Waals surface area contributed by atoms with Crippen LogP contribution in [-0.4, -0.2) is 9.38 Å². The van der Waals surface area contributed by atoms with Crippen molar-refractivity contribution in [3.63, 3.8) is 0 Å². The number of hydrogen-bond acceptors (Lipinski definition) is 2. The monoisotopic (exact) mass is 122 g/mol. The number of aromatic nitrogens is 2. The SMILES string of the molecule is Cc1coc2cncn12. The van der Waals surface area contributed by atoms with Gasteiger partial charge >= 0.3 is 0 Å². The lowest BCUT2D eigenvalue weighted by atomic mass is 10.6. The number of fused-ring (bicyclic) bond motifs is 1. The van der Waals surface area contributed by atoms with Gasteiger partial charge in [0.1, 0.15) is 12.6 Å². The summed E-state index contributed by atoms with van der Waals surface area (Å²) in [5, 5.41) is 0. The van der Waals surface area contributed by atoms with E-state index in [0.29, 0.717) is 0 Å². The molecule has 0 aliphatic carbocycles. The molecular formula is C6H6N2O. The van der Waals surface area contributed by atoms with Crippen LogP contribution in [0, 0.1) is 6.92 Å². The van der Waals surface area contributed by atoms with Crippen LogP contribution in [0.1, 0.15) is 5.69 Å². The molecule has 2 rings (SSSR count). The first-order valence-electron chi connectivity index (χ1n) is 2.74. The Labute approximate surface area is 51.9 Å². The van der Waals surface area contributed by atoms with E-state index in [0.717, 1.165) is 11.4 Å². The third kappa shape index (κ3) is 0.483. The van der Waals surface area contributed by atoms with Crippen molar-refractivity contribution in [1.82, 2.24) is 9.38 Å². The summed E-state index contributed by atoms with van der Waals surface area (Å²) in [6.07, 6.45) is 5.12. The van der Waals surface area contributed by atoms with E-state index in [2.05, 4.69) is 4.98 Å². The van der Waals surface area contributed by atoms with Gasteiger partial charge in [0.05, 0.1) is 11.9 Å². The number of rotatable bonds is 0. The molecule has 0 saturated carbocycles. The van der Waals surface area contributed by atoms with Crippen LogP contribution in [0.4, 0.5) is 0 Å². The molecule has 0 fully saturated rings. The van der Waals surface area contributed by atoms with Crippen molar-refractivity contribution in [2.45, 2.75) is 6.92 Å². The average Bonchev–Trinajstić information content (AvgIpc) is 2.35. The van der Waals surface area contributed by atoms with Crippen LogP contribution in [0.3, 0.4) is 0 Å². The lowest BCUT2D eigenvalue weighted by molar-refractivity contribution is 0.607. The highest BCUT2D eigenvalue weighted by molar-refractivity contribution is 5.31. The average molecular weight is 122 g/mol. The van der Waals surface area contributed by atoms with Gasteiger partial charge in [0.2, 0.25) is 5.71 Å². The first-order chi connectivity index (χ1) is 4.38. The number of imidazole rings is 1. The summed E-state index contributed by atoms with van der Waals surface area (Å²) in [5.41, 5.74) is 1.87. The van der Waals surface area contributed by atoms with Crippen molar-refractivity contribution in [2.75, 3.05) is 0 Å². The Kier molecular flexibility index (Phi) is 0.704. The Bertz CT molecular complexity index is 320. The van der Waals surface area contributed by atoms with E-state index in [4.69, 9.17) is 4.42 Å². The van der Waals surface area contributed by atoms with Gasteiger partial charge in [-0.2, -0.15) is 0 Å². The number of oxazole rings is 1. The molecule has 2 aromatic rings. The third-order valence-corrected chi connectivity index (χ3v) is 1.33. The minimum absolute atomic E-state index is 0.799. The molecule has 0 aliphatic rings. The topological polar surface area (TPSA) is 30.4 Å². The van der Waals surface area contributed by atoms with Crippen molar-refractivity contribution in [3.8, 4) is 0 Å². The predicted molar refractivity (Wildman–Crippen MR) is 32.2 cm³/mol. The predicted octanol–water partition coefficient (Wildman–Crippen LogP) is 1.24. The quantitative estimate of drug-likeness (QED) is 0.526. The van der Waals surface area contributed by atoms with Gasteiger partial charge in [0, 0.05) is 0 Å². The Balaban J connectivity index is 2.99. The Morgan fingerprint density at radius 1 is 1.67 bits per heavy atom. The maximum atomic E-state index is 5.09. The zero-order valence-corrected chi connectivity index (χ0v) is 5.03. The van der Waals surface area contributed by atoms with Crippen molar-refractivity contribution in [3.05, 3.63) is 24.5 Å². The van der Waals surface area contributed by atoms with Crippen molar-refractivity contribution in [1.29, 1.82) is 0 Å². The summed E-state index contributed by atoms with van der Waals surface area (Å²) in [6.45, 7) is 1.97. The van der Waals surface area contributed by atoms with Gasteiger partial charge in [0.15, 0.2) is 0 Å². The van der Waals surface area contributed by atoms with Gasteiger partial charge in [-0.15, -0.1) is 0 Å². The molecule has 9 heavy (non-hydrogen) atoms. The summed E-state index contributed by atoms with van der Waals surface area (Å²) in [5.74, 6) is 0. The molecule has 0 amide bonds. The molecule has 0 spiro atoms. The largest absolute Gasteiger partial charge is 0.445 e. The second-order valence-electron chi connectivity index (χ2n) is 1.98. The van der Waals surface area contributed by atoms with Gasteiger partial charge in [-0.05, 0) is 6.92 Å². The lowest BCUT2D eigenvalue weighted by Crippen LogP contribution is -1.77. The van der Waals surface area contributed by atoms with Crippen LogP contribution in [-0.2, 0) is 0 Å². The highest BCUT2D eigenvalue weighted by Crippen LogP contribution is 2.06. The van der Waals surface area contributed by atoms with Gasteiger partial charge in [-0.1, -0.05) is 0 Å². The van der Waals surface area contributed by atoms with E-state index < -0.39 is 0 Å². The normalized spacial score (nSPS) is 10.8. The molecule has 0 radical (unpaired) electrons. The minimum Gasteiger partial charge on any atom is -0.445 e. The maximum absolute atomic E-state index is 5.09. The molecule has 2 aromatic heterocycles. The van der Waals surface area contributed by atoms with E-state index >= 15 is 0 Å². The number of aryl methyl sites for hydroxylation is 1. The van der Waals surface area contributed by atoms with Crippen LogP contribution in [0.5, 0.6) is 0 Å². The van der Waals surface area contributed by atoms with E-state index in [1.165, 1.54) is 0 Å². The highest BCUT2D eigenvalue weighted by atomic mass is 16.3. The van der Waals surface area contributed by atoms with Gasteiger partial charge in [-0.25, -0.2) is 4.98 Å². The van der Waals surface area contributed by atoms with Crippen molar-refractivity contribution >= 4 is 5.71 Å². The maximum Gasteiger partial charge on any atom is 0.223 e. The van der Waals surface area contributed by atoms with Gasteiger partial charge in [-0.3, -0.25) is 4.40 Å². The zero-order valence-electron chi connectivity index (χ0n) is 5.03. The first-order valence-corrected chi connectivity index (χ1v) is 2.74. The van der Waals surface area contributed by atoms with Gasteiger partial charge in [0.25, 0.3) is 0 Å². The summed E-state index contributed by atoms with van der Waals surface area (Å²) in [6, 6.07) is 0. The molecule has 0 N–H and O–H groups in total. The standard InChI is InChI=1S/C6H6N2O/c1-5-3-9-6-2-7-4-8(5)6/h2-4H,1H3. The molecule has 0 atom stereocenters. The second-order valence-corrected chi connectivity index (χ2v) is 1.98. The molecule has 3 nitrogen and oxygen atoms in total. The van der Waals surface area contributed by atoms with Gasteiger partial charge < -0.3 is 4.42 Å². The second kappa shape index (κ2) is 1.37. The Morgan fingerprint density at radius 2 is 2.56 bits per heavy atom. The lowest BCUT2D eigenvalue weighted by Gasteiger charge is -1.79. The molecule has 3 heteroatoms. The van der Waals surface area contributed by atoms with Crippen LogP contribution in [0.2, 0.25) is 0 Å². The summed E-state index contributed by atoms with van der Waals surface area (Å²) >= 11 is 0. The van der Waals surface area contributed by atoms with Crippen molar-refractivity contribution in [2.24, 2.45) is 0 Å². The summed E-state index contributed by atoms with van der Waals surface area (Å²) in [4.78, 5) is 3.89. The summed E-state index contributed by atoms with van der Waals surface area (Å²) in [7, 11) is 0. The Morgan fingerprint density at radius 3 is 3.33 bits per heavy atom. The molecule has 0 aliphatic heterocycles. The first kappa shape index (κ1) is 4.61. The minimum atomic E-state index is 0.799. The van der Waals surface area contributed by atoms with E-state index in [-0.39, 0.29) is 0 Å². The molecule has 0 bridgehead atoms. The van der Waals surface area contributed by atoms with Crippen LogP contribution >= 0.6 is 0 Å². The van der Waals surface area contributed by atoms with E-state index in [1.54, 1.807) is 18.8 Å². The summed E-state index contributed by atoms with van der Waals surface area (Å²) < 4.78 is 6.98. The molecule has 0 saturated heterocycles. The fourth-order valence-corrected chi connectivity index (χ4v) is 0.837. The fourth-order valence-electron chi connectivity index (χ4n) is 0.837. The number of nitrogens with zero attached hydrogens (tertiary/aromatic N) is 2. The van der Waals surface area contributed by atoms with Crippen LogP contribution in [0.15, 0.2) is 23.2 Å². The fraction of sp³-hybridized carbons (Fsp3) is 0.167. The van der Waals surface area contributed by atoms with Crippen LogP contribution < -0.4 is 0 Å². The number of hydrogen-bond donors (Lipinski definition) is 0. The van der Waals surface area contributed by atoms with Crippen molar-refractivity contribution < 1.29 is 4.42 Å². The van der Waals surface area contributed by atoms with E-state index in [9.17, 15) is 0 Å².